The second-order valence-corrected chi connectivity index (χ2v) is 4.90. The van der Waals surface area contributed by atoms with Crippen molar-refractivity contribution in [1.29, 1.82) is 0 Å². The van der Waals surface area contributed by atoms with E-state index in [9.17, 15) is 4.79 Å². The first-order valence-corrected chi connectivity index (χ1v) is 4.95. The van der Waals surface area contributed by atoms with Crippen LogP contribution in [-0.4, -0.2) is 5.78 Å². The molecule has 0 fully saturated rings. The molecule has 1 heterocycles. The Hall–Kier alpha value is 0.200. The van der Waals surface area contributed by atoms with Crippen LogP contribution >= 0.6 is 46.9 Å². The molecule has 1 aromatic rings. The Bertz CT molecular complexity index is 363. The molecule has 1 atom stereocenters. The minimum absolute atomic E-state index is 0. The van der Waals surface area contributed by atoms with Crippen LogP contribution in [0.25, 0.3) is 0 Å². The van der Waals surface area contributed by atoms with Crippen molar-refractivity contribution in [3.8, 4) is 0 Å². The largest absolute Gasteiger partial charge is 0.323 e. The molecular formula is C7H6Cl3NOS. The summed E-state index contributed by atoms with van der Waals surface area (Å²) in [7, 11) is 0. The van der Waals surface area contributed by atoms with Crippen molar-refractivity contribution in [3.05, 3.63) is 19.8 Å². The number of nitrogens with two attached hydrogens (primary N) is 1. The van der Waals surface area contributed by atoms with E-state index in [-0.39, 0.29) is 24.2 Å². The SMILES string of the molecule is Cl.NC1CC(=O)c2c(Cl)sc(Cl)c21. The highest BCUT2D eigenvalue weighted by Gasteiger charge is 2.33. The van der Waals surface area contributed by atoms with Crippen molar-refractivity contribution < 1.29 is 4.79 Å². The summed E-state index contributed by atoms with van der Waals surface area (Å²) in [5.41, 5.74) is 6.97. The zero-order chi connectivity index (χ0) is 8.88. The molecule has 0 saturated heterocycles. The zero-order valence-electron chi connectivity index (χ0n) is 6.34. The molecule has 13 heavy (non-hydrogen) atoms. The number of halogens is 3. The lowest BCUT2D eigenvalue weighted by molar-refractivity contribution is 0.0989. The van der Waals surface area contributed by atoms with E-state index in [1.165, 1.54) is 11.3 Å². The van der Waals surface area contributed by atoms with Crippen molar-refractivity contribution >= 4 is 52.7 Å². The third-order valence-corrected chi connectivity index (χ3v) is 3.55. The van der Waals surface area contributed by atoms with E-state index in [1.807, 2.05) is 0 Å². The van der Waals surface area contributed by atoms with Crippen molar-refractivity contribution in [2.24, 2.45) is 5.73 Å². The normalized spacial score (nSPS) is 19.9. The van der Waals surface area contributed by atoms with E-state index in [4.69, 9.17) is 28.9 Å². The van der Waals surface area contributed by atoms with E-state index in [0.29, 0.717) is 20.7 Å². The van der Waals surface area contributed by atoms with E-state index in [0.717, 1.165) is 5.56 Å². The molecule has 2 N–H and O–H groups in total. The molecule has 0 bridgehead atoms. The Kier molecular flexibility index (Phi) is 3.25. The summed E-state index contributed by atoms with van der Waals surface area (Å²) in [4.78, 5) is 11.3. The Balaban J connectivity index is 0.000000845. The lowest BCUT2D eigenvalue weighted by Crippen LogP contribution is -2.05. The monoisotopic (exact) mass is 257 g/mol. The summed E-state index contributed by atoms with van der Waals surface area (Å²) in [5.74, 6) is 0.00523. The molecule has 0 radical (unpaired) electrons. The smallest absolute Gasteiger partial charge is 0.167 e. The maximum Gasteiger partial charge on any atom is 0.167 e. The highest BCUT2D eigenvalue weighted by molar-refractivity contribution is 7.20. The number of hydrogen-bond donors (Lipinski definition) is 1. The first kappa shape index (κ1) is 11.3. The molecule has 72 valence electrons. The maximum absolute atomic E-state index is 11.3. The van der Waals surface area contributed by atoms with E-state index >= 15 is 0 Å². The minimum Gasteiger partial charge on any atom is -0.323 e. The van der Waals surface area contributed by atoms with Crippen LogP contribution in [0.1, 0.15) is 28.4 Å². The number of fused-ring (bicyclic) bond motifs is 1. The molecule has 0 spiro atoms. The van der Waals surface area contributed by atoms with Crippen LogP contribution in [0.15, 0.2) is 0 Å². The minimum atomic E-state index is -0.260. The lowest BCUT2D eigenvalue weighted by atomic mass is 10.2. The predicted molar refractivity (Wildman–Crippen MR) is 57.5 cm³/mol. The number of ketones is 1. The molecule has 2 nitrogen and oxygen atoms in total. The fourth-order valence-corrected chi connectivity index (χ4v) is 3.25. The Morgan fingerprint density at radius 1 is 1.38 bits per heavy atom. The molecule has 0 aromatic carbocycles. The van der Waals surface area contributed by atoms with Crippen LogP contribution in [0.4, 0.5) is 0 Å². The van der Waals surface area contributed by atoms with E-state index in [2.05, 4.69) is 0 Å². The molecule has 2 rings (SSSR count). The number of thiophene rings is 1. The van der Waals surface area contributed by atoms with Gasteiger partial charge < -0.3 is 5.73 Å². The van der Waals surface area contributed by atoms with Gasteiger partial charge in [0.25, 0.3) is 0 Å². The summed E-state index contributed by atoms with van der Waals surface area (Å²) >= 11 is 12.9. The highest BCUT2D eigenvalue weighted by atomic mass is 35.5. The van der Waals surface area contributed by atoms with Gasteiger partial charge in [0.15, 0.2) is 5.78 Å². The van der Waals surface area contributed by atoms with E-state index in [1.54, 1.807) is 0 Å². The molecule has 1 aromatic heterocycles. The van der Waals surface area contributed by atoms with Crippen LogP contribution in [-0.2, 0) is 0 Å². The van der Waals surface area contributed by atoms with Crippen molar-refractivity contribution in [3.63, 3.8) is 0 Å². The molecule has 1 aliphatic carbocycles. The van der Waals surface area contributed by atoms with Gasteiger partial charge in [-0.2, -0.15) is 0 Å². The van der Waals surface area contributed by atoms with Crippen LogP contribution in [0.5, 0.6) is 0 Å². The fourth-order valence-electron chi connectivity index (χ4n) is 1.38. The number of carbonyl (C=O) groups is 1. The second-order valence-electron chi connectivity index (χ2n) is 2.67. The van der Waals surface area contributed by atoms with Crippen molar-refractivity contribution in [2.75, 3.05) is 0 Å². The molecular weight excluding hydrogens is 253 g/mol. The highest BCUT2D eigenvalue weighted by Crippen LogP contribution is 2.44. The van der Waals surface area contributed by atoms with Gasteiger partial charge >= 0.3 is 0 Å². The Morgan fingerprint density at radius 3 is 2.54 bits per heavy atom. The average molecular weight is 259 g/mol. The van der Waals surface area contributed by atoms with Gasteiger partial charge in [0.1, 0.15) is 4.34 Å². The van der Waals surface area contributed by atoms with Gasteiger partial charge in [0, 0.05) is 18.0 Å². The second kappa shape index (κ2) is 3.75. The van der Waals surface area contributed by atoms with Gasteiger partial charge in [0.05, 0.1) is 9.90 Å². The van der Waals surface area contributed by atoms with Crippen LogP contribution < -0.4 is 5.73 Å². The van der Waals surface area contributed by atoms with Gasteiger partial charge in [-0.1, -0.05) is 23.2 Å². The lowest BCUT2D eigenvalue weighted by Gasteiger charge is -1.98. The quantitative estimate of drug-likeness (QED) is 0.777. The Labute approximate surface area is 95.4 Å². The summed E-state index contributed by atoms with van der Waals surface area (Å²) in [5, 5.41) is 0. The average Bonchev–Trinajstić information content (AvgIpc) is 2.38. The summed E-state index contributed by atoms with van der Waals surface area (Å²) < 4.78 is 1.02. The van der Waals surface area contributed by atoms with Crippen molar-refractivity contribution in [2.45, 2.75) is 12.5 Å². The molecule has 1 unspecified atom stereocenters. The number of Topliss-reactive ketones (excluding diaryl/α,β-unsaturated/α-hetero) is 1. The van der Waals surface area contributed by atoms with E-state index < -0.39 is 0 Å². The summed E-state index contributed by atoms with van der Waals surface area (Å²) in [6.45, 7) is 0. The van der Waals surface area contributed by atoms with Crippen molar-refractivity contribution in [1.82, 2.24) is 0 Å². The number of hydrogen-bond acceptors (Lipinski definition) is 3. The van der Waals surface area contributed by atoms with Gasteiger partial charge in [-0.3, -0.25) is 4.79 Å². The van der Waals surface area contributed by atoms with Gasteiger partial charge in [-0.25, -0.2) is 0 Å². The number of rotatable bonds is 0. The van der Waals surface area contributed by atoms with Crippen LogP contribution in [0.2, 0.25) is 8.67 Å². The molecule has 0 saturated carbocycles. The zero-order valence-corrected chi connectivity index (χ0v) is 9.49. The fraction of sp³-hybridized carbons (Fsp3) is 0.286. The number of carbonyl (C=O) groups excluding carboxylic acids is 1. The maximum atomic E-state index is 11.3. The Morgan fingerprint density at radius 2 is 2.00 bits per heavy atom. The molecule has 0 aliphatic heterocycles. The summed E-state index contributed by atoms with van der Waals surface area (Å²) in [6, 6.07) is -0.260. The van der Waals surface area contributed by atoms with Gasteiger partial charge in [-0.15, -0.1) is 23.7 Å². The third kappa shape index (κ3) is 1.60. The third-order valence-electron chi connectivity index (χ3n) is 1.91. The molecule has 0 amide bonds. The molecule has 1 aliphatic rings. The standard InChI is InChI=1S/C7H5Cl2NOS.ClH/c8-6-4-2(10)1-3(11)5(4)7(9)12-6;/h2H,1,10H2;1H. The topological polar surface area (TPSA) is 43.1 Å². The predicted octanol–water partition coefficient (Wildman–Crippen LogP) is 3.06. The molecule has 6 heteroatoms. The van der Waals surface area contributed by atoms with Gasteiger partial charge in [-0.05, 0) is 0 Å². The summed E-state index contributed by atoms with van der Waals surface area (Å²) in [6.07, 6.45) is 0.331. The van der Waals surface area contributed by atoms with Crippen LogP contribution in [0.3, 0.4) is 0 Å². The first-order valence-electron chi connectivity index (χ1n) is 3.37. The van der Waals surface area contributed by atoms with Crippen LogP contribution in [0, 0.1) is 0 Å². The van der Waals surface area contributed by atoms with Gasteiger partial charge in [0.2, 0.25) is 0 Å². The first-order chi connectivity index (χ1) is 5.61.